The monoisotopic (exact) mass is 448 g/mol. The Morgan fingerprint density at radius 2 is 1.97 bits per heavy atom. The molecule has 0 saturated carbocycles. The molecule has 0 bridgehead atoms. The number of aromatic amines is 1. The zero-order valence-electron chi connectivity index (χ0n) is 16.5. The summed E-state index contributed by atoms with van der Waals surface area (Å²) in [5, 5.41) is 3.42. The van der Waals surface area contributed by atoms with Gasteiger partial charge in [-0.2, -0.15) is 0 Å². The second-order valence-corrected chi connectivity index (χ2v) is 9.49. The zero-order valence-corrected chi connectivity index (χ0v) is 18.1. The first kappa shape index (κ1) is 21.8. The van der Waals surface area contributed by atoms with Crippen molar-refractivity contribution < 1.29 is 17.9 Å². The zero-order chi connectivity index (χ0) is 21.9. The summed E-state index contributed by atoms with van der Waals surface area (Å²) in [5.74, 6) is -0.133. The van der Waals surface area contributed by atoms with Crippen molar-refractivity contribution in [2.45, 2.75) is 10.1 Å². The standard InChI is InChI=1S/C19H20N4O5S2/c1-23(2)30(26,27)12-8-9-16(28-3)15(10-12)20-17(24)11-29-19-21-14-7-5-4-6-13(14)18(25)22-19/h4-10H,11H2,1-3H3,(H,20,24)(H,21,22,25). The lowest BCUT2D eigenvalue weighted by Gasteiger charge is -2.15. The third-order valence-electron chi connectivity index (χ3n) is 4.15. The van der Waals surface area contributed by atoms with Gasteiger partial charge in [0.15, 0.2) is 5.16 Å². The third-order valence-corrected chi connectivity index (χ3v) is 6.84. The molecule has 0 saturated heterocycles. The first-order chi connectivity index (χ1) is 14.2. The van der Waals surface area contributed by atoms with Gasteiger partial charge in [-0.05, 0) is 30.3 Å². The number of ether oxygens (including phenoxy) is 1. The van der Waals surface area contributed by atoms with Crippen LogP contribution >= 0.6 is 11.8 Å². The first-order valence-electron chi connectivity index (χ1n) is 8.74. The topological polar surface area (TPSA) is 121 Å². The maximum Gasteiger partial charge on any atom is 0.259 e. The lowest BCUT2D eigenvalue weighted by atomic mass is 10.2. The van der Waals surface area contributed by atoms with Crippen LogP contribution in [0.5, 0.6) is 5.75 Å². The number of sulfonamides is 1. The number of fused-ring (bicyclic) bond motifs is 1. The molecule has 30 heavy (non-hydrogen) atoms. The predicted octanol–water partition coefficient (Wildman–Crippen LogP) is 1.91. The molecule has 1 heterocycles. The molecule has 2 N–H and O–H groups in total. The minimum Gasteiger partial charge on any atom is -0.495 e. The molecule has 158 valence electrons. The molecule has 3 aromatic rings. The number of nitrogens with zero attached hydrogens (tertiary/aromatic N) is 2. The number of para-hydroxylation sites is 1. The van der Waals surface area contributed by atoms with Crippen LogP contribution < -0.4 is 15.6 Å². The molecule has 3 rings (SSSR count). The third kappa shape index (κ3) is 4.64. The van der Waals surface area contributed by atoms with Crippen molar-refractivity contribution in [2.75, 3.05) is 32.3 Å². The molecule has 0 fully saturated rings. The minimum atomic E-state index is -3.67. The molecule has 0 radical (unpaired) electrons. The molecule has 9 nitrogen and oxygen atoms in total. The fourth-order valence-corrected chi connectivity index (χ4v) is 4.21. The number of H-pyrrole nitrogens is 1. The summed E-state index contributed by atoms with van der Waals surface area (Å²) in [5.41, 5.74) is 0.477. The second kappa shape index (κ2) is 8.86. The molecular formula is C19H20N4O5S2. The largest absolute Gasteiger partial charge is 0.495 e. The highest BCUT2D eigenvalue weighted by molar-refractivity contribution is 7.99. The smallest absolute Gasteiger partial charge is 0.259 e. The van der Waals surface area contributed by atoms with E-state index in [0.29, 0.717) is 21.8 Å². The number of anilines is 1. The fourth-order valence-electron chi connectivity index (χ4n) is 2.61. The Balaban J connectivity index is 1.77. The van der Waals surface area contributed by atoms with Crippen LogP contribution in [-0.2, 0) is 14.8 Å². The van der Waals surface area contributed by atoms with Crippen LogP contribution in [0.15, 0.2) is 57.3 Å². The van der Waals surface area contributed by atoms with E-state index in [9.17, 15) is 18.0 Å². The molecule has 11 heteroatoms. The molecule has 2 aromatic carbocycles. The summed E-state index contributed by atoms with van der Waals surface area (Å²) in [6.07, 6.45) is 0. The number of amides is 1. The van der Waals surface area contributed by atoms with Crippen LogP contribution in [0.2, 0.25) is 0 Å². The van der Waals surface area contributed by atoms with Gasteiger partial charge in [0.2, 0.25) is 15.9 Å². The molecule has 0 aliphatic carbocycles. The number of carbonyl (C=O) groups excluding carboxylic acids is 1. The molecular weight excluding hydrogens is 428 g/mol. The van der Waals surface area contributed by atoms with Crippen LogP contribution in [-0.4, -0.2) is 55.6 Å². The summed E-state index contributed by atoms with van der Waals surface area (Å²) < 4.78 is 31.0. The Hall–Kier alpha value is -2.89. The van der Waals surface area contributed by atoms with Gasteiger partial charge < -0.3 is 15.0 Å². The Kier molecular flexibility index (Phi) is 6.44. The normalized spacial score (nSPS) is 11.6. The predicted molar refractivity (Wildman–Crippen MR) is 116 cm³/mol. The van der Waals surface area contributed by atoms with Gasteiger partial charge >= 0.3 is 0 Å². The number of aromatic nitrogens is 2. The van der Waals surface area contributed by atoms with E-state index in [1.54, 1.807) is 24.3 Å². The van der Waals surface area contributed by atoms with Crippen LogP contribution in [0.3, 0.4) is 0 Å². The minimum absolute atomic E-state index is 0.0248. The summed E-state index contributed by atoms with van der Waals surface area (Å²) in [4.78, 5) is 31.5. The van der Waals surface area contributed by atoms with Crippen molar-refractivity contribution in [3.8, 4) is 5.75 Å². The average Bonchev–Trinajstić information content (AvgIpc) is 2.72. The number of methoxy groups -OCH3 is 1. The molecule has 0 spiro atoms. The van der Waals surface area contributed by atoms with Gasteiger partial charge in [0.25, 0.3) is 5.56 Å². The van der Waals surface area contributed by atoms with E-state index in [2.05, 4.69) is 15.3 Å². The van der Waals surface area contributed by atoms with Gasteiger partial charge in [0.1, 0.15) is 5.75 Å². The molecule has 0 atom stereocenters. The summed E-state index contributed by atoms with van der Waals surface area (Å²) in [7, 11) is 0.596. The van der Waals surface area contributed by atoms with Crippen molar-refractivity contribution in [1.82, 2.24) is 14.3 Å². The summed E-state index contributed by atoms with van der Waals surface area (Å²) in [6, 6.07) is 11.1. The van der Waals surface area contributed by atoms with E-state index in [4.69, 9.17) is 4.74 Å². The van der Waals surface area contributed by atoms with E-state index in [1.807, 2.05) is 0 Å². The fraction of sp³-hybridized carbons (Fsp3) is 0.211. The van der Waals surface area contributed by atoms with Crippen molar-refractivity contribution in [2.24, 2.45) is 0 Å². The van der Waals surface area contributed by atoms with Crippen LogP contribution in [0.25, 0.3) is 10.9 Å². The highest BCUT2D eigenvalue weighted by Crippen LogP contribution is 2.28. The number of rotatable bonds is 7. The molecule has 1 aromatic heterocycles. The van der Waals surface area contributed by atoms with Gasteiger partial charge in [-0.1, -0.05) is 23.9 Å². The Morgan fingerprint density at radius 1 is 1.23 bits per heavy atom. The Morgan fingerprint density at radius 3 is 2.67 bits per heavy atom. The van der Waals surface area contributed by atoms with Gasteiger partial charge in [0, 0.05) is 14.1 Å². The lowest BCUT2D eigenvalue weighted by molar-refractivity contribution is -0.113. The summed E-state index contributed by atoms with van der Waals surface area (Å²) in [6.45, 7) is 0. The van der Waals surface area contributed by atoms with Crippen molar-refractivity contribution in [3.05, 3.63) is 52.8 Å². The number of hydrogen-bond donors (Lipinski definition) is 2. The number of nitrogens with one attached hydrogen (secondary N) is 2. The quantitative estimate of drug-likeness (QED) is 0.418. The van der Waals surface area contributed by atoms with E-state index in [0.717, 1.165) is 16.1 Å². The number of benzene rings is 2. The van der Waals surface area contributed by atoms with E-state index in [1.165, 1.54) is 39.4 Å². The molecule has 0 unspecified atom stereocenters. The van der Waals surface area contributed by atoms with Crippen LogP contribution in [0, 0.1) is 0 Å². The van der Waals surface area contributed by atoms with Gasteiger partial charge in [-0.15, -0.1) is 0 Å². The maximum absolute atomic E-state index is 12.4. The number of carbonyl (C=O) groups is 1. The van der Waals surface area contributed by atoms with Crippen molar-refractivity contribution in [3.63, 3.8) is 0 Å². The maximum atomic E-state index is 12.4. The first-order valence-corrected chi connectivity index (χ1v) is 11.2. The van der Waals surface area contributed by atoms with E-state index >= 15 is 0 Å². The summed E-state index contributed by atoms with van der Waals surface area (Å²) >= 11 is 1.06. The number of hydrogen-bond acceptors (Lipinski definition) is 7. The second-order valence-electron chi connectivity index (χ2n) is 6.37. The number of thioether (sulfide) groups is 1. The van der Waals surface area contributed by atoms with Crippen LogP contribution in [0.4, 0.5) is 5.69 Å². The van der Waals surface area contributed by atoms with Gasteiger partial charge in [0.05, 0.1) is 34.3 Å². The van der Waals surface area contributed by atoms with Crippen molar-refractivity contribution in [1.29, 1.82) is 0 Å². The highest BCUT2D eigenvalue weighted by atomic mass is 32.2. The van der Waals surface area contributed by atoms with Crippen LogP contribution in [0.1, 0.15) is 0 Å². The van der Waals surface area contributed by atoms with Crippen molar-refractivity contribution >= 4 is 44.3 Å². The molecule has 1 amide bonds. The lowest BCUT2D eigenvalue weighted by Crippen LogP contribution is -2.22. The van der Waals surface area contributed by atoms with E-state index in [-0.39, 0.29) is 21.9 Å². The van der Waals surface area contributed by atoms with Gasteiger partial charge in [-0.3, -0.25) is 9.59 Å². The Bertz CT molecular complexity index is 1260. The highest BCUT2D eigenvalue weighted by Gasteiger charge is 2.20. The van der Waals surface area contributed by atoms with Gasteiger partial charge in [-0.25, -0.2) is 17.7 Å². The Labute approximate surface area is 177 Å². The molecule has 0 aliphatic heterocycles. The molecule has 0 aliphatic rings. The average molecular weight is 449 g/mol. The van der Waals surface area contributed by atoms with E-state index < -0.39 is 15.9 Å². The SMILES string of the molecule is COc1ccc(S(=O)(=O)N(C)C)cc1NC(=O)CSc1nc2ccccc2c(=O)[nH]1.